The van der Waals surface area contributed by atoms with Crippen molar-refractivity contribution >= 4 is 5.70 Å². The highest BCUT2D eigenvalue weighted by Crippen LogP contribution is 2.21. The molecule has 1 fully saturated rings. The van der Waals surface area contributed by atoms with Crippen molar-refractivity contribution in [2.45, 2.75) is 26.2 Å². The maximum atomic E-state index is 4.31. The van der Waals surface area contributed by atoms with Crippen LogP contribution in [0.3, 0.4) is 0 Å². The molecule has 15 heavy (non-hydrogen) atoms. The molecule has 0 N–H and O–H groups in total. The number of likely N-dealkylation sites (tertiary alicyclic amines) is 1. The lowest BCUT2D eigenvalue weighted by atomic mass is 10.1. The van der Waals surface area contributed by atoms with Crippen LogP contribution in [0, 0.1) is 6.92 Å². The summed E-state index contributed by atoms with van der Waals surface area (Å²) in [5, 5.41) is 0. The molecular formula is C13H18N2. The zero-order chi connectivity index (χ0) is 10.7. The molecule has 0 unspecified atom stereocenters. The van der Waals surface area contributed by atoms with E-state index in [9.17, 15) is 0 Å². The van der Waals surface area contributed by atoms with E-state index in [0.29, 0.717) is 0 Å². The van der Waals surface area contributed by atoms with Crippen molar-refractivity contribution in [2.24, 2.45) is 0 Å². The minimum Gasteiger partial charge on any atom is -0.371 e. The predicted octanol–water partition coefficient (Wildman–Crippen LogP) is 2.85. The van der Waals surface area contributed by atoms with Gasteiger partial charge in [0.2, 0.25) is 0 Å². The Morgan fingerprint density at radius 1 is 1.27 bits per heavy atom. The number of aromatic nitrogens is 1. The standard InChI is InChI=1S/C13H18N2/c1-11-6-7-13(10-14-11)12(2)15-8-4-3-5-9-15/h6-7,10H,2-5,8-9H2,1H3. The number of aryl methyl sites for hydroxylation is 1. The molecule has 2 heterocycles. The summed E-state index contributed by atoms with van der Waals surface area (Å²) in [6.07, 6.45) is 5.86. The fraction of sp³-hybridized carbons (Fsp3) is 0.462. The molecule has 0 atom stereocenters. The topological polar surface area (TPSA) is 16.1 Å². The van der Waals surface area contributed by atoms with Crippen molar-refractivity contribution in [3.05, 3.63) is 36.2 Å². The van der Waals surface area contributed by atoms with E-state index in [0.717, 1.165) is 30.0 Å². The van der Waals surface area contributed by atoms with E-state index >= 15 is 0 Å². The Labute approximate surface area is 91.6 Å². The fourth-order valence-electron chi connectivity index (χ4n) is 1.98. The lowest BCUT2D eigenvalue weighted by molar-refractivity contribution is 0.326. The Morgan fingerprint density at radius 2 is 2.00 bits per heavy atom. The zero-order valence-corrected chi connectivity index (χ0v) is 9.37. The molecular weight excluding hydrogens is 184 g/mol. The highest BCUT2D eigenvalue weighted by molar-refractivity contribution is 5.61. The van der Waals surface area contributed by atoms with E-state index in [4.69, 9.17) is 0 Å². The van der Waals surface area contributed by atoms with Crippen LogP contribution < -0.4 is 0 Å². The maximum absolute atomic E-state index is 4.31. The summed E-state index contributed by atoms with van der Waals surface area (Å²) >= 11 is 0. The first-order valence-electron chi connectivity index (χ1n) is 5.64. The molecule has 1 aliphatic heterocycles. The summed E-state index contributed by atoms with van der Waals surface area (Å²) in [6.45, 7) is 8.46. The van der Waals surface area contributed by atoms with Crippen LogP contribution in [0.5, 0.6) is 0 Å². The summed E-state index contributed by atoms with van der Waals surface area (Å²) in [5.74, 6) is 0. The molecule has 1 aromatic rings. The Balaban J connectivity index is 2.09. The van der Waals surface area contributed by atoms with Gasteiger partial charge in [-0.3, -0.25) is 4.98 Å². The van der Waals surface area contributed by atoms with Gasteiger partial charge in [-0.15, -0.1) is 0 Å². The molecule has 0 radical (unpaired) electrons. The van der Waals surface area contributed by atoms with E-state index in [1.807, 2.05) is 19.2 Å². The lowest BCUT2D eigenvalue weighted by Crippen LogP contribution is -2.27. The highest BCUT2D eigenvalue weighted by atomic mass is 15.1. The molecule has 0 bridgehead atoms. The molecule has 0 aromatic carbocycles. The van der Waals surface area contributed by atoms with Crippen LogP contribution in [0.15, 0.2) is 24.9 Å². The van der Waals surface area contributed by atoms with E-state index in [2.05, 4.69) is 22.5 Å². The van der Waals surface area contributed by atoms with Crippen molar-refractivity contribution < 1.29 is 0 Å². The van der Waals surface area contributed by atoms with Crippen LogP contribution in [0.2, 0.25) is 0 Å². The van der Waals surface area contributed by atoms with Gasteiger partial charge in [-0.1, -0.05) is 6.58 Å². The van der Waals surface area contributed by atoms with E-state index in [-0.39, 0.29) is 0 Å². The average Bonchev–Trinajstić information content (AvgIpc) is 2.30. The Kier molecular flexibility index (Phi) is 3.05. The van der Waals surface area contributed by atoms with Gasteiger partial charge in [0, 0.05) is 36.2 Å². The van der Waals surface area contributed by atoms with Gasteiger partial charge in [-0.05, 0) is 38.3 Å². The second kappa shape index (κ2) is 4.47. The molecule has 0 saturated carbocycles. The second-order valence-electron chi connectivity index (χ2n) is 4.18. The van der Waals surface area contributed by atoms with Crippen LogP contribution in [0.4, 0.5) is 0 Å². The molecule has 1 aliphatic rings. The molecule has 2 heteroatoms. The summed E-state index contributed by atoms with van der Waals surface area (Å²) in [5.41, 5.74) is 3.34. The third-order valence-corrected chi connectivity index (χ3v) is 2.98. The largest absolute Gasteiger partial charge is 0.371 e. The third-order valence-electron chi connectivity index (χ3n) is 2.98. The minimum absolute atomic E-state index is 1.06. The Morgan fingerprint density at radius 3 is 2.60 bits per heavy atom. The molecule has 0 amide bonds. The van der Waals surface area contributed by atoms with Crippen molar-refractivity contribution in [2.75, 3.05) is 13.1 Å². The molecule has 1 aromatic heterocycles. The van der Waals surface area contributed by atoms with Crippen molar-refractivity contribution in [1.82, 2.24) is 9.88 Å². The Bertz CT molecular complexity index is 334. The average molecular weight is 202 g/mol. The highest BCUT2D eigenvalue weighted by Gasteiger charge is 2.12. The minimum atomic E-state index is 1.06. The number of nitrogens with zero attached hydrogens (tertiary/aromatic N) is 2. The zero-order valence-electron chi connectivity index (χ0n) is 9.37. The second-order valence-corrected chi connectivity index (χ2v) is 4.18. The molecule has 1 saturated heterocycles. The predicted molar refractivity (Wildman–Crippen MR) is 63.4 cm³/mol. The number of hydrogen-bond acceptors (Lipinski definition) is 2. The Hall–Kier alpha value is -1.31. The molecule has 0 spiro atoms. The first-order valence-corrected chi connectivity index (χ1v) is 5.64. The number of pyridine rings is 1. The number of piperidine rings is 1. The van der Waals surface area contributed by atoms with Crippen LogP contribution in [-0.4, -0.2) is 23.0 Å². The summed E-state index contributed by atoms with van der Waals surface area (Å²) in [4.78, 5) is 6.68. The van der Waals surface area contributed by atoms with Crippen molar-refractivity contribution in [3.8, 4) is 0 Å². The molecule has 0 aliphatic carbocycles. The van der Waals surface area contributed by atoms with Gasteiger partial charge < -0.3 is 4.90 Å². The summed E-state index contributed by atoms with van der Waals surface area (Å²) in [6, 6.07) is 4.16. The normalized spacial score (nSPS) is 16.5. The molecule has 2 nitrogen and oxygen atoms in total. The monoisotopic (exact) mass is 202 g/mol. The van der Waals surface area contributed by atoms with E-state index in [1.165, 1.54) is 19.3 Å². The van der Waals surface area contributed by atoms with Gasteiger partial charge >= 0.3 is 0 Å². The van der Waals surface area contributed by atoms with Gasteiger partial charge in [-0.25, -0.2) is 0 Å². The maximum Gasteiger partial charge on any atom is 0.0382 e. The van der Waals surface area contributed by atoms with Crippen LogP contribution >= 0.6 is 0 Å². The van der Waals surface area contributed by atoms with Gasteiger partial charge in [0.05, 0.1) is 0 Å². The number of rotatable bonds is 2. The van der Waals surface area contributed by atoms with Crippen LogP contribution in [0.25, 0.3) is 5.70 Å². The third kappa shape index (κ3) is 2.38. The van der Waals surface area contributed by atoms with Gasteiger partial charge in [0.15, 0.2) is 0 Å². The number of hydrogen-bond donors (Lipinski definition) is 0. The van der Waals surface area contributed by atoms with Crippen molar-refractivity contribution in [3.63, 3.8) is 0 Å². The van der Waals surface area contributed by atoms with E-state index < -0.39 is 0 Å². The fourth-order valence-corrected chi connectivity index (χ4v) is 1.98. The van der Waals surface area contributed by atoms with Crippen LogP contribution in [0.1, 0.15) is 30.5 Å². The molecule has 2 rings (SSSR count). The quantitative estimate of drug-likeness (QED) is 0.733. The first-order chi connectivity index (χ1) is 7.27. The smallest absolute Gasteiger partial charge is 0.0382 e. The summed E-state index contributed by atoms with van der Waals surface area (Å²) < 4.78 is 0. The van der Waals surface area contributed by atoms with Crippen LogP contribution in [-0.2, 0) is 0 Å². The lowest BCUT2D eigenvalue weighted by Gasteiger charge is -2.30. The SMILES string of the molecule is C=C(c1ccc(C)nc1)N1CCCCC1. The first kappa shape index (κ1) is 10.2. The van der Waals surface area contributed by atoms with Crippen molar-refractivity contribution in [1.29, 1.82) is 0 Å². The van der Waals surface area contributed by atoms with Gasteiger partial charge in [0.1, 0.15) is 0 Å². The van der Waals surface area contributed by atoms with Gasteiger partial charge in [0.25, 0.3) is 0 Å². The summed E-state index contributed by atoms with van der Waals surface area (Å²) in [7, 11) is 0. The van der Waals surface area contributed by atoms with Gasteiger partial charge in [-0.2, -0.15) is 0 Å². The van der Waals surface area contributed by atoms with E-state index in [1.54, 1.807) is 0 Å². The molecule has 80 valence electrons.